The molecule has 12 aromatic carbocycles. The van der Waals surface area contributed by atoms with Gasteiger partial charge in [0.2, 0.25) is 0 Å². The zero-order valence-corrected chi connectivity index (χ0v) is 36.0. The largest absolute Gasteiger partial charge is 0.455 e. The van der Waals surface area contributed by atoms with Gasteiger partial charge < -0.3 is 9.32 Å². The molecule has 66 heavy (non-hydrogen) atoms. The van der Waals surface area contributed by atoms with E-state index in [1.807, 2.05) is 0 Å². The predicted octanol–water partition coefficient (Wildman–Crippen LogP) is 18.3. The molecule has 0 amide bonds. The third-order valence-corrected chi connectivity index (χ3v) is 13.4. The van der Waals surface area contributed by atoms with Gasteiger partial charge in [0.25, 0.3) is 0 Å². The lowest BCUT2D eigenvalue weighted by molar-refractivity contribution is 0.672. The summed E-state index contributed by atoms with van der Waals surface area (Å²) in [6.07, 6.45) is 0. The van der Waals surface area contributed by atoms with Crippen LogP contribution in [0.2, 0.25) is 0 Å². The quantitative estimate of drug-likeness (QED) is 0.149. The van der Waals surface area contributed by atoms with Gasteiger partial charge in [0, 0.05) is 22.1 Å². The number of nitrogens with zero attached hydrogens (tertiary/aromatic N) is 1. The monoisotopic (exact) mass is 839 g/mol. The normalized spacial score (nSPS) is 11.6. The SMILES string of the molecule is c1ccc(-c2c(-c3ccccc3)c3cc(-c4cccc(N(c5cccc(-c6ccc7ccccc7c6)c5)c5cccc6oc7c8ccccc8ccc7c56)c4)ccc3c3ccccc23)cc1. The lowest BCUT2D eigenvalue weighted by Crippen LogP contribution is -2.10. The van der Waals surface area contributed by atoms with Crippen molar-refractivity contribution in [2.45, 2.75) is 0 Å². The Morgan fingerprint density at radius 1 is 0.273 bits per heavy atom. The molecule has 0 fully saturated rings. The highest BCUT2D eigenvalue weighted by Gasteiger charge is 2.22. The van der Waals surface area contributed by atoms with Gasteiger partial charge in [-0.15, -0.1) is 0 Å². The molecule has 1 heterocycles. The summed E-state index contributed by atoms with van der Waals surface area (Å²) in [4.78, 5) is 2.41. The molecular formula is C64H41NO. The van der Waals surface area contributed by atoms with Crippen molar-refractivity contribution in [2.75, 3.05) is 4.90 Å². The molecule has 0 aliphatic rings. The van der Waals surface area contributed by atoms with E-state index >= 15 is 0 Å². The molecule has 13 aromatic rings. The Labute approximate surface area is 382 Å². The standard InChI is InChI=1S/C64H41NO/c1-3-18-44(19-4-1)61-56-29-12-11-28-54(56)55-36-35-50(41-58(55)62(61)45-20-5-2-6-21-45)48-24-14-26-52(40-48)65(51-25-13-23-47(39-51)49-33-32-42-16-7-8-22-46(42)38-49)59-30-15-31-60-63(59)57-37-34-43-17-9-10-27-53(43)64(57)66-60/h1-41H. The molecule has 0 aliphatic heterocycles. The number of hydrogen-bond donors (Lipinski definition) is 0. The van der Waals surface area contributed by atoms with Crippen LogP contribution in [0.5, 0.6) is 0 Å². The smallest absolute Gasteiger partial charge is 0.143 e. The fraction of sp³-hybridized carbons (Fsp3) is 0. The van der Waals surface area contributed by atoms with Gasteiger partial charge in [-0.05, 0) is 137 Å². The highest BCUT2D eigenvalue weighted by Crippen LogP contribution is 2.48. The second-order valence-corrected chi connectivity index (χ2v) is 17.2. The summed E-state index contributed by atoms with van der Waals surface area (Å²) in [5.41, 5.74) is 14.4. The lowest BCUT2D eigenvalue weighted by atomic mass is 9.84. The van der Waals surface area contributed by atoms with Crippen LogP contribution in [0.1, 0.15) is 0 Å². The molecule has 13 rings (SSSR count). The molecular weight excluding hydrogens is 799 g/mol. The average Bonchev–Trinajstić information content (AvgIpc) is 3.79. The molecule has 0 radical (unpaired) electrons. The molecule has 2 nitrogen and oxygen atoms in total. The minimum Gasteiger partial charge on any atom is -0.455 e. The molecule has 1 aromatic heterocycles. The van der Waals surface area contributed by atoms with Crippen LogP contribution in [0.15, 0.2) is 253 Å². The highest BCUT2D eigenvalue weighted by atomic mass is 16.3. The number of hydrogen-bond acceptors (Lipinski definition) is 2. The third-order valence-electron chi connectivity index (χ3n) is 13.4. The highest BCUT2D eigenvalue weighted by molar-refractivity contribution is 6.23. The zero-order chi connectivity index (χ0) is 43.6. The first-order valence-corrected chi connectivity index (χ1v) is 22.7. The second kappa shape index (κ2) is 15.5. The van der Waals surface area contributed by atoms with E-state index < -0.39 is 0 Å². The van der Waals surface area contributed by atoms with Crippen molar-refractivity contribution < 1.29 is 4.42 Å². The first-order chi connectivity index (χ1) is 32.7. The van der Waals surface area contributed by atoms with Crippen LogP contribution in [0.3, 0.4) is 0 Å². The molecule has 0 atom stereocenters. The molecule has 0 saturated heterocycles. The van der Waals surface area contributed by atoms with Crippen molar-refractivity contribution in [1.82, 2.24) is 0 Å². The lowest BCUT2D eigenvalue weighted by Gasteiger charge is -2.27. The van der Waals surface area contributed by atoms with E-state index in [2.05, 4.69) is 254 Å². The van der Waals surface area contributed by atoms with Gasteiger partial charge in [0.05, 0.1) is 11.1 Å². The van der Waals surface area contributed by atoms with Gasteiger partial charge in [0.15, 0.2) is 0 Å². The molecule has 0 aliphatic carbocycles. The van der Waals surface area contributed by atoms with E-state index in [1.165, 1.54) is 60.1 Å². The molecule has 0 unspecified atom stereocenters. The van der Waals surface area contributed by atoms with E-state index in [-0.39, 0.29) is 0 Å². The van der Waals surface area contributed by atoms with Crippen molar-refractivity contribution in [1.29, 1.82) is 0 Å². The van der Waals surface area contributed by atoms with Crippen LogP contribution in [0, 0.1) is 0 Å². The molecule has 0 saturated carbocycles. The maximum absolute atomic E-state index is 6.79. The molecule has 0 N–H and O–H groups in total. The van der Waals surface area contributed by atoms with Gasteiger partial charge in [0.1, 0.15) is 11.2 Å². The molecule has 0 spiro atoms. The van der Waals surface area contributed by atoms with Crippen LogP contribution in [-0.2, 0) is 0 Å². The Balaban J connectivity index is 1.04. The third kappa shape index (κ3) is 6.26. The van der Waals surface area contributed by atoms with Gasteiger partial charge in [-0.25, -0.2) is 0 Å². The molecule has 0 bridgehead atoms. The van der Waals surface area contributed by atoms with Crippen LogP contribution in [-0.4, -0.2) is 0 Å². The van der Waals surface area contributed by atoms with Gasteiger partial charge in [-0.2, -0.15) is 0 Å². The van der Waals surface area contributed by atoms with Gasteiger partial charge in [-0.3, -0.25) is 0 Å². The number of furan rings is 1. The van der Waals surface area contributed by atoms with E-state index in [0.717, 1.165) is 66.5 Å². The van der Waals surface area contributed by atoms with Gasteiger partial charge >= 0.3 is 0 Å². The fourth-order valence-electron chi connectivity index (χ4n) is 10.3. The van der Waals surface area contributed by atoms with E-state index in [0.29, 0.717) is 0 Å². The Kier molecular flexibility index (Phi) is 8.89. The minimum atomic E-state index is 0.857. The van der Waals surface area contributed by atoms with E-state index in [1.54, 1.807) is 0 Å². The van der Waals surface area contributed by atoms with E-state index in [9.17, 15) is 0 Å². The summed E-state index contributed by atoms with van der Waals surface area (Å²) in [5.74, 6) is 0. The summed E-state index contributed by atoms with van der Waals surface area (Å²) >= 11 is 0. The minimum absolute atomic E-state index is 0.857. The number of fused-ring (bicyclic) bond motifs is 9. The Morgan fingerprint density at radius 3 is 1.50 bits per heavy atom. The van der Waals surface area contributed by atoms with Crippen molar-refractivity contribution in [3.8, 4) is 44.5 Å². The number of rotatable bonds is 7. The topological polar surface area (TPSA) is 16.4 Å². The van der Waals surface area contributed by atoms with E-state index in [4.69, 9.17) is 4.42 Å². The van der Waals surface area contributed by atoms with Gasteiger partial charge in [-0.1, -0.05) is 194 Å². The average molecular weight is 840 g/mol. The van der Waals surface area contributed by atoms with Crippen LogP contribution in [0.4, 0.5) is 17.1 Å². The maximum Gasteiger partial charge on any atom is 0.143 e. The van der Waals surface area contributed by atoms with Crippen LogP contribution in [0.25, 0.3) is 110 Å². The van der Waals surface area contributed by atoms with Crippen molar-refractivity contribution >= 4 is 82.1 Å². The summed E-state index contributed by atoms with van der Waals surface area (Å²) in [7, 11) is 0. The summed E-state index contributed by atoms with van der Waals surface area (Å²) < 4.78 is 6.79. The Hall–Kier alpha value is -8.72. The van der Waals surface area contributed by atoms with Crippen molar-refractivity contribution in [2.24, 2.45) is 0 Å². The van der Waals surface area contributed by atoms with Crippen LogP contribution < -0.4 is 4.90 Å². The maximum atomic E-state index is 6.79. The molecule has 308 valence electrons. The first-order valence-electron chi connectivity index (χ1n) is 22.7. The summed E-state index contributed by atoms with van der Waals surface area (Å²) in [5, 5.41) is 11.9. The predicted molar refractivity (Wildman–Crippen MR) is 280 cm³/mol. The first kappa shape index (κ1) is 37.8. The summed E-state index contributed by atoms with van der Waals surface area (Å²) in [6.45, 7) is 0. The number of benzene rings is 12. The van der Waals surface area contributed by atoms with Crippen LogP contribution >= 0.6 is 0 Å². The fourth-order valence-corrected chi connectivity index (χ4v) is 10.3. The Morgan fingerprint density at radius 2 is 0.773 bits per heavy atom. The van der Waals surface area contributed by atoms with Crippen molar-refractivity contribution in [3.63, 3.8) is 0 Å². The number of anilines is 3. The second-order valence-electron chi connectivity index (χ2n) is 17.2. The zero-order valence-electron chi connectivity index (χ0n) is 36.0. The summed E-state index contributed by atoms with van der Waals surface area (Å²) in [6, 6.07) is 90.3. The Bertz CT molecular complexity index is 4000. The molecule has 2 heteroatoms. The van der Waals surface area contributed by atoms with Crippen molar-refractivity contribution in [3.05, 3.63) is 249 Å².